The smallest absolute Gasteiger partial charge is 0.171 e. The molecule has 2 N–H and O–H groups in total. The van der Waals surface area contributed by atoms with Crippen molar-refractivity contribution in [3.05, 3.63) is 64.1 Å². The number of halogens is 2. The lowest BCUT2D eigenvalue weighted by Gasteiger charge is -2.11. The first-order chi connectivity index (χ1) is 9.15. The molecular weight excluding hydrogens is 299 g/mol. The molecule has 5 heteroatoms. The zero-order valence-corrected chi connectivity index (χ0v) is 12.3. The van der Waals surface area contributed by atoms with Gasteiger partial charge in [0.1, 0.15) is 0 Å². The third-order valence-electron chi connectivity index (χ3n) is 2.48. The molecule has 98 valence electrons. The molecule has 0 spiro atoms. The Labute approximate surface area is 127 Å². The molecule has 0 amide bonds. The van der Waals surface area contributed by atoms with Gasteiger partial charge in [0.15, 0.2) is 5.11 Å². The van der Waals surface area contributed by atoms with E-state index in [1.54, 1.807) is 18.2 Å². The van der Waals surface area contributed by atoms with E-state index in [0.29, 0.717) is 21.7 Å². The van der Waals surface area contributed by atoms with Crippen molar-refractivity contribution in [2.24, 2.45) is 0 Å². The van der Waals surface area contributed by atoms with Gasteiger partial charge in [-0.3, -0.25) is 0 Å². The second-order valence-corrected chi connectivity index (χ2v) is 5.17. The van der Waals surface area contributed by atoms with Gasteiger partial charge < -0.3 is 10.6 Å². The summed E-state index contributed by atoms with van der Waals surface area (Å²) in [5.41, 5.74) is 1.89. The van der Waals surface area contributed by atoms with Crippen LogP contribution >= 0.6 is 35.4 Å². The van der Waals surface area contributed by atoms with Crippen LogP contribution in [0.15, 0.2) is 48.5 Å². The molecule has 0 fully saturated rings. The van der Waals surface area contributed by atoms with Crippen molar-refractivity contribution in [3.8, 4) is 0 Å². The van der Waals surface area contributed by atoms with Crippen LogP contribution < -0.4 is 10.6 Å². The van der Waals surface area contributed by atoms with Crippen LogP contribution in [0.4, 0.5) is 5.69 Å². The summed E-state index contributed by atoms with van der Waals surface area (Å²) >= 11 is 17.1. The minimum absolute atomic E-state index is 0.521. The lowest BCUT2D eigenvalue weighted by Crippen LogP contribution is -2.27. The van der Waals surface area contributed by atoms with Gasteiger partial charge >= 0.3 is 0 Å². The molecule has 0 bridgehead atoms. The fraction of sp³-hybridized carbons (Fsp3) is 0.0714. The van der Waals surface area contributed by atoms with Gasteiger partial charge in [0.2, 0.25) is 0 Å². The highest BCUT2D eigenvalue weighted by Gasteiger charge is 2.03. The molecule has 0 saturated carbocycles. The van der Waals surface area contributed by atoms with Gasteiger partial charge in [-0.2, -0.15) is 0 Å². The van der Waals surface area contributed by atoms with E-state index >= 15 is 0 Å². The van der Waals surface area contributed by atoms with Crippen LogP contribution in [-0.4, -0.2) is 5.11 Å². The molecule has 0 aromatic heterocycles. The molecular formula is C14H12Cl2N2S. The van der Waals surface area contributed by atoms with E-state index in [2.05, 4.69) is 10.6 Å². The van der Waals surface area contributed by atoms with Crippen LogP contribution in [0.5, 0.6) is 0 Å². The van der Waals surface area contributed by atoms with Gasteiger partial charge in [-0.15, -0.1) is 0 Å². The first kappa shape index (κ1) is 14.1. The van der Waals surface area contributed by atoms with Crippen LogP contribution in [0.25, 0.3) is 0 Å². The van der Waals surface area contributed by atoms with E-state index in [9.17, 15) is 0 Å². The Morgan fingerprint density at radius 2 is 1.79 bits per heavy atom. The molecule has 2 aromatic rings. The number of thiocarbonyl (C=S) groups is 1. The highest BCUT2D eigenvalue weighted by Crippen LogP contribution is 2.25. The van der Waals surface area contributed by atoms with E-state index in [-0.39, 0.29) is 0 Å². The third-order valence-corrected chi connectivity index (χ3v) is 3.27. The molecule has 0 aliphatic heterocycles. The summed E-state index contributed by atoms with van der Waals surface area (Å²) in [4.78, 5) is 0. The number of hydrogen-bond donors (Lipinski definition) is 2. The number of benzene rings is 2. The molecule has 0 aliphatic rings. The van der Waals surface area contributed by atoms with Crippen molar-refractivity contribution in [1.82, 2.24) is 5.32 Å². The minimum atomic E-state index is 0.521. The van der Waals surface area contributed by atoms with E-state index in [4.69, 9.17) is 35.4 Å². The van der Waals surface area contributed by atoms with E-state index in [1.165, 1.54) is 0 Å². The number of nitrogens with one attached hydrogen (secondary N) is 2. The van der Waals surface area contributed by atoms with Crippen molar-refractivity contribution in [2.45, 2.75) is 6.54 Å². The van der Waals surface area contributed by atoms with Crippen molar-refractivity contribution in [1.29, 1.82) is 0 Å². The quantitative estimate of drug-likeness (QED) is 0.817. The van der Waals surface area contributed by atoms with Gasteiger partial charge in [-0.1, -0.05) is 53.5 Å². The topological polar surface area (TPSA) is 24.1 Å². The predicted molar refractivity (Wildman–Crippen MR) is 86.0 cm³/mol. The standard InChI is InChI=1S/C14H12Cl2N2S/c15-11-6-7-13(12(16)8-11)18-14(19)17-9-10-4-2-1-3-5-10/h1-8H,9H2,(H2,17,18,19). The third kappa shape index (κ3) is 4.39. The molecule has 2 rings (SSSR count). The average Bonchev–Trinajstić information content (AvgIpc) is 2.41. The molecule has 19 heavy (non-hydrogen) atoms. The fourth-order valence-electron chi connectivity index (χ4n) is 1.54. The monoisotopic (exact) mass is 310 g/mol. The van der Waals surface area contributed by atoms with Crippen LogP contribution in [0, 0.1) is 0 Å². The normalized spacial score (nSPS) is 10.0. The summed E-state index contributed by atoms with van der Waals surface area (Å²) in [5.74, 6) is 0. The highest BCUT2D eigenvalue weighted by atomic mass is 35.5. The molecule has 0 saturated heterocycles. The Bertz CT molecular complexity index is 573. The highest BCUT2D eigenvalue weighted by molar-refractivity contribution is 7.80. The number of anilines is 1. The molecule has 0 unspecified atom stereocenters. The van der Waals surface area contributed by atoms with Gasteiger partial charge in [0.25, 0.3) is 0 Å². The minimum Gasteiger partial charge on any atom is -0.358 e. The Kier molecular flexibility index (Phi) is 5.02. The number of hydrogen-bond acceptors (Lipinski definition) is 1. The summed E-state index contributed by atoms with van der Waals surface area (Å²) in [5, 5.41) is 7.81. The van der Waals surface area contributed by atoms with Crippen LogP contribution in [0.2, 0.25) is 10.0 Å². The number of rotatable bonds is 3. The molecule has 2 nitrogen and oxygen atoms in total. The Balaban J connectivity index is 1.91. The van der Waals surface area contributed by atoms with Crippen LogP contribution in [-0.2, 0) is 6.54 Å². The zero-order valence-electron chi connectivity index (χ0n) is 9.99. The maximum absolute atomic E-state index is 6.06. The summed E-state index contributed by atoms with van der Waals surface area (Å²) in [6, 6.07) is 15.2. The van der Waals surface area contributed by atoms with Gasteiger partial charge in [-0.25, -0.2) is 0 Å². The van der Waals surface area contributed by atoms with Crippen LogP contribution in [0.3, 0.4) is 0 Å². The molecule has 2 aromatic carbocycles. The second-order valence-electron chi connectivity index (χ2n) is 3.92. The predicted octanol–water partition coefficient (Wildman–Crippen LogP) is 4.48. The molecule has 0 heterocycles. The van der Waals surface area contributed by atoms with Gasteiger partial charge in [-0.05, 0) is 36.0 Å². The van der Waals surface area contributed by atoms with Crippen molar-refractivity contribution < 1.29 is 0 Å². The average molecular weight is 311 g/mol. The Hall–Kier alpha value is -1.29. The maximum Gasteiger partial charge on any atom is 0.171 e. The van der Waals surface area contributed by atoms with E-state index < -0.39 is 0 Å². The van der Waals surface area contributed by atoms with E-state index in [1.807, 2.05) is 30.3 Å². The zero-order chi connectivity index (χ0) is 13.7. The second kappa shape index (κ2) is 6.75. The van der Waals surface area contributed by atoms with Crippen molar-refractivity contribution >= 4 is 46.2 Å². The Morgan fingerprint density at radius 1 is 1.05 bits per heavy atom. The molecule has 0 atom stereocenters. The van der Waals surface area contributed by atoms with Crippen molar-refractivity contribution in [3.63, 3.8) is 0 Å². The summed E-state index contributed by atoms with van der Waals surface area (Å²) in [6.07, 6.45) is 0. The first-order valence-electron chi connectivity index (χ1n) is 5.69. The maximum atomic E-state index is 6.06. The summed E-state index contributed by atoms with van der Waals surface area (Å²) < 4.78 is 0. The SMILES string of the molecule is S=C(NCc1ccccc1)Nc1ccc(Cl)cc1Cl. The Morgan fingerprint density at radius 3 is 2.47 bits per heavy atom. The van der Waals surface area contributed by atoms with Gasteiger partial charge in [0, 0.05) is 11.6 Å². The first-order valence-corrected chi connectivity index (χ1v) is 6.85. The lowest BCUT2D eigenvalue weighted by atomic mass is 10.2. The van der Waals surface area contributed by atoms with Gasteiger partial charge in [0.05, 0.1) is 10.7 Å². The largest absolute Gasteiger partial charge is 0.358 e. The van der Waals surface area contributed by atoms with E-state index in [0.717, 1.165) is 11.3 Å². The van der Waals surface area contributed by atoms with Crippen molar-refractivity contribution in [2.75, 3.05) is 5.32 Å². The summed E-state index contributed by atoms with van der Waals surface area (Å²) in [6.45, 7) is 0.665. The fourth-order valence-corrected chi connectivity index (χ4v) is 2.17. The molecule has 0 aliphatic carbocycles. The lowest BCUT2D eigenvalue weighted by molar-refractivity contribution is 0.926. The van der Waals surface area contributed by atoms with Crippen LogP contribution in [0.1, 0.15) is 5.56 Å². The summed E-state index contributed by atoms with van der Waals surface area (Å²) in [7, 11) is 0. The molecule has 0 radical (unpaired) electrons.